The molecule has 1 aromatic heterocycles. The number of benzene rings is 2. The molecule has 2 heterocycles. The average molecular weight is 468 g/mol. The third-order valence-corrected chi connectivity index (χ3v) is 7.98. The van der Waals surface area contributed by atoms with Gasteiger partial charge in [-0.3, -0.25) is 10.1 Å². The summed E-state index contributed by atoms with van der Waals surface area (Å²) in [5.74, 6) is -0.256. The predicted molar refractivity (Wildman–Crippen MR) is 129 cm³/mol. The van der Waals surface area contributed by atoms with Crippen LogP contribution in [0.25, 0.3) is 17.3 Å². The smallest absolute Gasteiger partial charge is 0.250 e. The summed E-state index contributed by atoms with van der Waals surface area (Å²) in [6.07, 6.45) is 7.19. The SMILES string of the molecule is O=C(/C=C/c1ccccc1)Nc1nc(-c2ccc(S(=O)(=O)N3CCCCCC3)cc2)cs1. The normalized spacial score (nSPS) is 15.5. The van der Waals surface area contributed by atoms with Crippen LogP contribution < -0.4 is 5.32 Å². The summed E-state index contributed by atoms with van der Waals surface area (Å²) < 4.78 is 27.5. The maximum atomic E-state index is 12.9. The van der Waals surface area contributed by atoms with E-state index in [2.05, 4.69) is 10.3 Å². The number of nitrogens with zero attached hydrogens (tertiary/aromatic N) is 2. The minimum atomic E-state index is -3.47. The lowest BCUT2D eigenvalue weighted by Crippen LogP contribution is -2.31. The zero-order chi connectivity index (χ0) is 22.4. The molecule has 1 saturated heterocycles. The fourth-order valence-corrected chi connectivity index (χ4v) is 5.82. The molecule has 0 aliphatic carbocycles. The van der Waals surface area contributed by atoms with Crippen LogP contribution in [-0.2, 0) is 14.8 Å². The second-order valence-corrected chi connectivity index (χ2v) is 10.4. The van der Waals surface area contributed by atoms with Crippen LogP contribution in [0.3, 0.4) is 0 Å². The van der Waals surface area contributed by atoms with E-state index in [4.69, 9.17) is 0 Å². The molecule has 4 rings (SSSR count). The topological polar surface area (TPSA) is 79.4 Å². The number of carbonyl (C=O) groups is 1. The quantitative estimate of drug-likeness (QED) is 0.516. The highest BCUT2D eigenvalue weighted by Gasteiger charge is 2.25. The molecule has 6 nitrogen and oxygen atoms in total. The average Bonchev–Trinajstić information content (AvgIpc) is 3.09. The number of nitrogens with one attached hydrogen (secondary N) is 1. The van der Waals surface area contributed by atoms with Crippen LogP contribution in [0, 0.1) is 0 Å². The Labute approximate surface area is 192 Å². The van der Waals surface area contributed by atoms with Gasteiger partial charge in [-0.2, -0.15) is 4.31 Å². The van der Waals surface area contributed by atoms with Crippen molar-refractivity contribution in [2.24, 2.45) is 0 Å². The maximum absolute atomic E-state index is 12.9. The number of thiazole rings is 1. The third-order valence-electron chi connectivity index (χ3n) is 5.31. The first-order valence-electron chi connectivity index (χ1n) is 10.6. The lowest BCUT2D eigenvalue weighted by Gasteiger charge is -2.19. The molecule has 1 fully saturated rings. The van der Waals surface area contributed by atoms with Crippen molar-refractivity contribution in [1.29, 1.82) is 0 Å². The van der Waals surface area contributed by atoms with Crippen molar-refractivity contribution in [1.82, 2.24) is 9.29 Å². The largest absolute Gasteiger partial charge is 0.298 e. The lowest BCUT2D eigenvalue weighted by molar-refractivity contribution is -0.111. The molecule has 0 unspecified atom stereocenters. The van der Waals surface area contributed by atoms with E-state index in [1.54, 1.807) is 34.6 Å². The van der Waals surface area contributed by atoms with Gasteiger partial charge in [0.05, 0.1) is 10.6 Å². The van der Waals surface area contributed by atoms with Crippen LogP contribution in [0.5, 0.6) is 0 Å². The predicted octanol–water partition coefficient (Wildman–Crippen LogP) is 5.03. The molecule has 1 aliphatic rings. The molecule has 2 aromatic carbocycles. The van der Waals surface area contributed by atoms with Gasteiger partial charge in [0.2, 0.25) is 15.9 Å². The molecule has 0 bridgehead atoms. The zero-order valence-electron chi connectivity index (χ0n) is 17.6. The van der Waals surface area contributed by atoms with Crippen LogP contribution in [0.4, 0.5) is 5.13 Å². The number of hydrogen-bond acceptors (Lipinski definition) is 5. The molecular formula is C24H25N3O3S2. The van der Waals surface area contributed by atoms with E-state index < -0.39 is 10.0 Å². The first kappa shape index (κ1) is 22.4. The van der Waals surface area contributed by atoms with E-state index in [1.165, 1.54) is 17.4 Å². The number of rotatable bonds is 6. The van der Waals surface area contributed by atoms with Gasteiger partial charge in [0.25, 0.3) is 0 Å². The second kappa shape index (κ2) is 10.2. The van der Waals surface area contributed by atoms with E-state index in [1.807, 2.05) is 35.7 Å². The van der Waals surface area contributed by atoms with Gasteiger partial charge in [-0.25, -0.2) is 13.4 Å². The van der Waals surface area contributed by atoms with E-state index in [0.29, 0.717) is 28.8 Å². The van der Waals surface area contributed by atoms with Gasteiger partial charge >= 0.3 is 0 Å². The fourth-order valence-electron chi connectivity index (χ4n) is 3.58. The molecular weight excluding hydrogens is 442 g/mol. The Kier molecular flexibility index (Phi) is 7.14. The van der Waals surface area contributed by atoms with Crippen molar-refractivity contribution in [2.45, 2.75) is 30.6 Å². The van der Waals surface area contributed by atoms with Crippen molar-refractivity contribution in [2.75, 3.05) is 18.4 Å². The molecule has 1 N–H and O–H groups in total. The highest BCUT2D eigenvalue weighted by atomic mass is 32.2. The van der Waals surface area contributed by atoms with Crippen LogP contribution >= 0.6 is 11.3 Å². The summed E-state index contributed by atoms with van der Waals surface area (Å²) in [6.45, 7) is 1.16. The Morgan fingerprint density at radius 1 is 0.969 bits per heavy atom. The summed E-state index contributed by atoms with van der Waals surface area (Å²) in [5, 5.41) is 5.10. The van der Waals surface area contributed by atoms with E-state index in [0.717, 1.165) is 36.8 Å². The van der Waals surface area contributed by atoms with Crippen molar-refractivity contribution in [3.05, 3.63) is 71.6 Å². The third kappa shape index (κ3) is 5.51. The number of amides is 1. The first-order chi connectivity index (χ1) is 15.5. The fraction of sp³-hybridized carbons (Fsp3) is 0.250. The molecule has 166 valence electrons. The summed E-state index contributed by atoms with van der Waals surface area (Å²) in [4.78, 5) is 16.9. The van der Waals surface area contributed by atoms with Crippen LogP contribution in [0.15, 0.2) is 70.9 Å². The van der Waals surface area contributed by atoms with Crippen molar-refractivity contribution >= 4 is 38.5 Å². The Morgan fingerprint density at radius 3 is 2.34 bits per heavy atom. The monoisotopic (exact) mass is 467 g/mol. The van der Waals surface area contributed by atoms with Crippen molar-refractivity contribution in [3.63, 3.8) is 0 Å². The number of hydrogen-bond donors (Lipinski definition) is 1. The number of sulfonamides is 1. The van der Waals surface area contributed by atoms with Crippen LogP contribution in [-0.4, -0.2) is 36.7 Å². The molecule has 0 spiro atoms. The van der Waals surface area contributed by atoms with Gasteiger partial charge < -0.3 is 0 Å². The van der Waals surface area contributed by atoms with E-state index in [9.17, 15) is 13.2 Å². The summed E-state index contributed by atoms with van der Waals surface area (Å²) >= 11 is 1.33. The maximum Gasteiger partial charge on any atom is 0.250 e. The van der Waals surface area contributed by atoms with Gasteiger partial charge in [-0.1, -0.05) is 55.3 Å². The van der Waals surface area contributed by atoms with Crippen molar-refractivity contribution in [3.8, 4) is 11.3 Å². The van der Waals surface area contributed by atoms with Crippen LogP contribution in [0.2, 0.25) is 0 Å². The number of anilines is 1. The Hall–Kier alpha value is -2.81. The minimum Gasteiger partial charge on any atom is -0.298 e. The lowest BCUT2D eigenvalue weighted by atomic mass is 10.2. The highest BCUT2D eigenvalue weighted by Crippen LogP contribution is 2.27. The molecule has 0 radical (unpaired) electrons. The van der Waals surface area contributed by atoms with Gasteiger partial charge in [0.15, 0.2) is 5.13 Å². The molecule has 32 heavy (non-hydrogen) atoms. The molecule has 1 amide bonds. The first-order valence-corrected chi connectivity index (χ1v) is 12.9. The van der Waals surface area contributed by atoms with Gasteiger partial charge in [-0.05, 0) is 36.6 Å². The highest BCUT2D eigenvalue weighted by molar-refractivity contribution is 7.89. The molecule has 3 aromatic rings. The summed E-state index contributed by atoms with van der Waals surface area (Å²) in [7, 11) is -3.47. The zero-order valence-corrected chi connectivity index (χ0v) is 19.2. The summed E-state index contributed by atoms with van der Waals surface area (Å²) in [6, 6.07) is 16.4. The van der Waals surface area contributed by atoms with Gasteiger partial charge in [0, 0.05) is 30.1 Å². The number of carbonyl (C=O) groups excluding carboxylic acids is 1. The Morgan fingerprint density at radius 2 is 1.66 bits per heavy atom. The Balaban J connectivity index is 1.42. The summed E-state index contributed by atoms with van der Waals surface area (Å²) in [5.41, 5.74) is 2.44. The number of aromatic nitrogens is 1. The molecule has 1 aliphatic heterocycles. The standard InChI is InChI=1S/C24H25N3O3S2/c28-23(15-10-19-8-4-3-5-9-19)26-24-25-22(18-31-24)20-11-13-21(14-12-20)32(29,30)27-16-6-1-2-7-17-27/h3-5,8-15,18H,1-2,6-7,16-17H2,(H,25,26,28)/b15-10+. The second-order valence-electron chi connectivity index (χ2n) is 7.61. The Bertz CT molecular complexity index is 1180. The van der Waals surface area contributed by atoms with Crippen molar-refractivity contribution < 1.29 is 13.2 Å². The van der Waals surface area contributed by atoms with Gasteiger partial charge in [-0.15, -0.1) is 11.3 Å². The molecule has 8 heteroatoms. The molecule has 0 atom stereocenters. The molecule has 0 saturated carbocycles. The van der Waals surface area contributed by atoms with Crippen LogP contribution in [0.1, 0.15) is 31.2 Å². The minimum absolute atomic E-state index is 0.256. The van der Waals surface area contributed by atoms with Gasteiger partial charge in [0.1, 0.15) is 0 Å². The van der Waals surface area contributed by atoms with E-state index in [-0.39, 0.29) is 5.91 Å². The van der Waals surface area contributed by atoms with E-state index >= 15 is 0 Å².